The molecule has 2 heteroatoms. The molecule has 0 bridgehead atoms. The van der Waals surface area contributed by atoms with Gasteiger partial charge in [-0.05, 0) is 45.9 Å². The summed E-state index contributed by atoms with van der Waals surface area (Å²) >= 11 is 0. The van der Waals surface area contributed by atoms with Gasteiger partial charge in [0.05, 0.1) is 12.4 Å². The van der Waals surface area contributed by atoms with Crippen LogP contribution in [-0.2, 0) is 4.74 Å². The maximum absolute atomic E-state index is 5.93. The van der Waals surface area contributed by atoms with Crippen LogP contribution in [0.2, 0.25) is 0 Å². The maximum atomic E-state index is 5.93. The predicted octanol–water partition coefficient (Wildman–Crippen LogP) is 2.97. The summed E-state index contributed by atoms with van der Waals surface area (Å²) in [7, 11) is 2.21. The molecule has 1 heterocycles. The standard InChI is InChI=1S/C14H23NO/c1-12-5-3-7-14(9-12)16-11-13-6-4-8-15(2)10-13/h5,9,13H,3-4,6-8,10-11H2,1-2H3. The molecule has 0 N–H and O–H groups in total. The number of piperidine rings is 1. The Morgan fingerprint density at radius 2 is 2.38 bits per heavy atom. The van der Waals surface area contributed by atoms with Crippen molar-refractivity contribution in [3.63, 3.8) is 0 Å². The summed E-state index contributed by atoms with van der Waals surface area (Å²) in [5, 5.41) is 0. The molecule has 1 fully saturated rings. The first-order valence-corrected chi connectivity index (χ1v) is 6.43. The van der Waals surface area contributed by atoms with Crippen LogP contribution in [0.3, 0.4) is 0 Å². The number of hydrogen-bond donors (Lipinski definition) is 0. The van der Waals surface area contributed by atoms with Crippen molar-refractivity contribution in [1.29, 1.82) is 0 Å². The van der Waals surface area contributed by atoms with Gasteiger partial charge in [0.1, 0.15) is 0 Å². The van der Waals surface area contributed by atoms with Crippen molar-refractivity contribution < 1.29 is 4.74 Å². The third-order valence-corrected chi connectivity index (χ3v) is 3.47. The second-order valence-corrected chi connectivity index (χ2v) is 5.18. The fourth-order valence-corrected chi connectivity index (χ4v) is 2.58. The summed E-state index contributed by atoms with van der Waals surface area (Å²) in [5.74, 6) is 1.92. The Morgan fingerprint density at radius 3 is 3.12 bits per heavy atom. The fourth-order valence-electron chi connectivity index (χ4n) is 2.58. The molecular formula is C14H23NO. The second kappa shape index (κ2) is 5.53. The number of hydrogen-bond acceptors (Lipinski definition) is 2. The van der Waals surface area contributed by atoms with E-state index in [1.165, 1.54) is 37.3 Å². The molecule has 90 valence electrons. The van der Waals surface area contributed by atoms with Crippen molar-refractivity contribution in [2.75, 3.05) is 26.7 Å². The topological polar surface area (TPSA) is 12.5 Å². The molecule has 16 heavy (non-hydrogen) atoms. The Kier molecular flexibility index (Phi) is 4.05. The Hall–Kier alpha value is -0.760. The third-order valence-electron chi connectivity index (χ3n) is 3.47. The molecule has 1 aliphatic carbocycles. The molecule has 1 aliphatic heterocycles. The molecule has 0 spiro atoms. The first-order valence-electron chi connectivity index (χ1n) is 6.43. The van der Waals surface area contributed by atoms with Crippen LogP contribution in [0.15, 0.2) is 23.5 Å². The van der Waals surface area contributed by atoms with E-state index in [0.29, 0.717) is 0 Å². The Labute approximate surface area is 99.0 Å². The minimum absolute atomic E-state index is 0.728. The number of allylic oxidation sites excluding steroid dienone is 4. The van der Waals surface area contributed by atoms with Crippen LogP contribution in [0.25, 0.3) is 0 Å². The summed E-state index contributed by atoms with van der Waals surface area (Å²) in [6.45, 7) is 5.50. The van der Waals surface area contributed by atoms with E-state index in [1.54, 1.807) is 0 Å². The first-order chi connectivity index (χ1) is 7.74. The molecule has 0 amide bonds. The Bertz CT molecular complexity index is 293. The summed E-state index contributed by atoms with van der Waals surface area (Å²) in [6.07, 6.45) is 9.34. The average molecular weight is 221 g/mol. The van der Waals surface area contributed by atoms with Gasteiger partial charge in [-0.25, -0.2) is 0 Å². The monoisotopic (exact) mass is 221 g/mol. The predicted molar refractivity (Wildman–Crippen MR) is 67.2 cm³/mol. The summed E-state index contributed by atoms with van der Waals surface area (Å²) in [5.41, 5.74) is 1.35. The summed E-state index contributed by atoms with van der Waals surface area (Å²) < 4.78 is 5.93. The zero-order chi connectivity index (χ0) is 11.4. The minimum Gasteiger partial charge on any atom is -0.498 e. The van der Waals surface area contributed by atoms with Crippen LogP contribution in [-0.4, -0.2) is 31.6 Å². The maximum Gasteiger partial charge on any atom is 0.0965 e. The second-order valence-electron chi connectivity index (χ2n) is 5.18. The van der Waals surface area contributed by atoms with E-state index in [1.807, 2.05) is 0 Å². The van der Waals surface area contributed by atoms with Gasteiger partial charge in [-0.3, -0.25) is 0 Å². The smallest absolute Gasteiger partial charge is 0.0965 e. The lowest BCUT2D eigenvalue weighted by atomic mass is 9.99. The average Bonchev–Trinajstić information content (AvgIpc) is 2.27. The minimum atomic E-state index is 0.728. The van der Waals surface area contributed by atoms with E-state index in [0.717, 1.165) is 25.4 Å². The van der Waals surface area contributed by atoms with Crippen molar-refractivity contribution in [2.24, 2.45) is 5.92 Å². The number of nitrogens with zero attached hydrogens (tertiary/aromatic N) is 1. The van der Waals surface area contributed by atoms with Gasteiger partial charge in [-0.1, -0.05) is 11.6 Å². The third kappa shape index (κ3) is 3.38. The Morgan fingerprint density at radius 1 is 1.50 bits per heavy atom. The molecule has 2 nitrogen and oxygen atoms in total. The summed E-state index contributed by atoms with van der Waals surface area (Å²) in [4.78, 5) is 2.41. The molecule has 0 aromatic heterocycles. The lowest BCUT2D eigenvalue weighted by molar-refractivity contribution is 0.105. The zero-order valence-corrected chi connectivity index (χ0v) is 10.5. The fraction of sp³-hybridized carbons (Fsp3) is 0.714. The van der Waals surface area contributed by atoms with Gasteiger partial charge in [0.25, 0.3) is 0 Å². The van der Waals surface area contributed by atoms with Gasteiger partial charge < -0.3 is 9.64 Å². The highest BCUT2D eigenvalue weighted by atomic mass is 16.5. The molecule has 1 unspecified atom stereocenters. The quantitative estimate of drug-likeness (QED) is 0.726. The van der Waals surface area contributed by atoms with Gasteiger partial charge in [-0.2, -0.15) is 0 Å². The molecular weight excluding hydrogens is 198 g/mol. The number of likely N-dealkylation sites (tertiary alicyclic amines) is 1. The van der Waals surface area contributed by atoms with Crippen LogP contribution < -0.4 is 0 Å². The number of rotatable bonds is 3. The van der Waals surface area contributed by atoms with Crippen LogP contribution in [0.5, 0.6) is 0 Å². The van der Waals surface area contributed by atoms with Crippen LogP contribution >= 0.6 is 0 Å². The van der Waals surface area contributed by atoms with Gasteiger partial charge in [0.15, 0.2) is 0 Å². The van der Waals surface area contributed by atoms with E-state index < -0.39 is 0 Å². The molecule has 0 saturated carbocycles. The van der Waals surface area contributed by atoms with E-state index in [-0.39, 0.29) is 0 Å². The number of ether oxygens (including phenoxy) is 1. The molecule has 1 atom stereocenters. The SMILES string of the molecule is CC1=CCCC(OCC2CCCN(C)C2)=C1. The van der Waals surface area contributed by atoms with Gasteiger partial charge in [-0.15, -0.1) is 0 Å². The highest BCUT2D eigenvalue weighted by molar-refractivity contribution is 5.22. The lowest BCUT2D eigenvalue weighted by Crippen LogP contribution is -2.34. The molecule has 2 aliphatic rings. The highest BCUT2D eigenvalue weighted by Crippen LogP contribution is 2.21. The zero-order valence-electron chi connectivity index (χ0n) is 10.5. The first kappa shape index (κ1) is 11.7. The van der Waals surface area contributed by atoms with Crippen LogP contribution in [0, 0.1) is 5.92 Å². The van der Waals surface area contributed by atoms with Crippen LogP contribution in [0.1, 0.15) is 32.6 Å². The van der Waals surface area contributed by atoms with Gasteiger partial charge >= 0.3 is 0 Å². The molecule has 0 radical (unpaired) electrons. The Balaban J connectivity index is 1.76. The van der Waals surface area contributed by atoms with Crippen LogP contribution in [0.4, 0.5) is 0 Å². The van der Waals surface area contributed by atoms with Crippen molar-refractivity contribution in [2.45, 2.75) is 32.6 Å². The normalized spacial score (nSPS) is 27.2. The molecule has 1 saturated heterocycles. The summed E-state index contributed by atoms with van der Waals surface area (Å²) in [6, 6.07) is 0. The van der Waals surface area contributed by atoms with Crippen molar-refractivity contribution in [1.82, 2.24) is 4.90 Å². The lowest BCUT2D eigenvalue weighted by Gasteiger charge is -2.30. The van der Waals surface area contributed by atoms with Crippen molar-refractivity contribution in [3.8, 4) is 0 Å². The van der Waals surface area contributed by atoms with Gasteiger partial charge in [0, 0.05) is 18.9 Å². The molecule has 0 aromatic rings. The van der Waals surface area contributed by atoms with E-state index in [4.69, 9.17) is 4.74 Å². The van der Waals surface area contributed by atoms with Crippen molar-refractivity contribution in [3.05, 3.63) is 23.5 Å². The highest BCUT2D eigenvalue weighted by Gasteiger charge is 2.18. The van der Waals surface area contributed by atoms with E-state index >= 15 is 0 Å². The van der Waals surface area contributed by atoms with E-state index in [2.05, 4.69) is 31.0 Å². The largest absolute Gasteiger partial charge is 0.498 e. The molecule has 0 aromatic carbocycles. The van der Waals surface area contributed by atoms with Gasteiger partial charge in [0.2, 0.25) is 0 Å². The van der Waals surface area contributed by atoms with Crippen molar-refractivity contribution >= 4 is 0 Å². The van der Waals surface area contributed by atoms with E-state index in [9.17, 15) is 0 Å². The molecule has 2 rings (SSSR count).